The summed E-state index contributed by atoms with van der Waals surface area (Å²) in [5, 5.41) is 13.3. The van der Waals surface area contributed by atoms with Gasteiger partial charge in [0, 0.05) is 12.5 Å². The molecule has 2 amide bonds. The standard InChI is InChI=1S/C13H14F2N2O3/c14-9-3-1-2-8(11(9)15)7-4-5-10(17-13(19)20)12(18)16-6-7/h1-3,7,10,17H,4-6H2,(H,16,18)(H,19,20)/t7-,10-/m1/s1. The number of amides is 2. The molecule has 1 aliphatic heterocycles. The molecule has 20 heavy (non-hydrogen) atoms. The van der Waals surface area contributed by atoms with Gasteiger partial charge in [0.1, 0.15) is 6.04 Å². The molecule has 1 fully saturated rings. The van der Waals surface area contributed by atoms with Crippen LogP contribution in [0.1, 0.15) is 24.3 Å². The third kappa shape index (κ3) is 3.04. The third-order valence-corrected chi connectivity index (χ3v) is 3.36. The number of benzene rings is 1. The van der Waals surface area contributed by atoms with Crippen LogP contribution in [0.15, 0.2) is 18.2 Å². The van der Waals surface area contributed by atoms with Gasteiger partial charge < -0.3 is 15.7 Å². The van der Waals surface area contributed by atoms with Crippen LogP contribution in [-0.4, -0.2) is 29.7 Å². The lowest BCUT2D eigenvalue weighted by Gasteiger charge is -2.15. The van der Waals surface area contributed by atoms with Crippen LogP contribution in [0.25, 0.3) is 0 Å². The molecule has 0 saturated carbocycles. The first kappa shape index (κ1) is 14.2. The number of carbonyl (C=O) groups excluding carboxylic acids is 1. The van der Waals surface area contributed by atoms with Crippen LogP contribution in [-0.2, 0) is 4.79 Å². The van der Waals surface area contributed by atoms with Gasteiger partial charge in [-0.05, 0) is 24.5 Å². The maximum Gasteiger partial charge on any atom is 0.405 e. The van der Waals surface area contributed by atoms with Crippen molar-refractivity contribution in [3.8, 4) is 0 Å². The van der Waals surface area contributed by atoms with E-state index in [4.69, 9.17) is 5.11 Å². The van der Waals surface area contributed by atoms with E-state index in [-0.39, 0.29) is 24.4 Å². The second kappa shape index (κ2) is 5.85. The molecule has 0 bridgehead atoms. The quantitative estimate of drug-likeness (QED) is 0.771. The fourth-order valence-corrected chi connectivity index (χ4v) is 2.34. The number of carboxylic acid groups (broad SMARTS) is 1. The number of nitrogens with one attached hydrogen (secondary N) is 2. The van der Waals surface area contributed by atoms with Crippen molar-refractivity contribution >= 4 is 12.0 Å². The molecule has 0 radical (unpaired) electrons. The topological polar surface area (TPSA) is 78.4 Å². The van der Waals surface area contributed by atoms with E-state index in [0.29, 0.717) is 6.42 Å². The van der Waals surface area contributed by atoms with Crippen molar-refractivity contribution in [1.29, 1.82) is 0 Å². The minimum Gasteiger partial charge on any atom is -0.465 e. The van der Waals surface area contributed by atoms with Crippen LogP contribution in [0.5, 0.6) is 0 Å². The Morgan fingerprint density at radius 2 is 2.10 bits per heavy atom. The van der Waals surface area contributed by atoms with Crippen molar-refractivity contribution in [1.82, 2.24) is 10.6 Å². The Kier molecular flexibility index (Phi) is 4.16. The minimum absolute atomic E-state index is 0.150. The van der Waals surface area contributed by atoms with Crippen LogP contribution in [0.2, 0.25) is 0 Å². The van der Waals surface area contributed by atoms with E-state index in [1.54, 1.807) is 0 Å². The molecule has 2 atom stereocenters. The van der Waals surface area contributed by atoms with E-state index < -0.39 is 29.7 Å². The number of rotatable bonds is 2. The highest BCUT2D eigenvalue weighted by Crippen LogP contribution is 2.27. The number of hydrogen-bond acceptors (Lipinski definition) is 2. The molecule has 7 heteroatoms. The summed E-state index contributed by atoms with van der Waals surface area (Å²) in [6.45, 7) is 0.150. The fraction of sp³-hybridized carbons (Fsp3) is 0.385. The first-order valence-electron chi connectivity index (χ1n) is 6.20. The summed E-state index contributed by atoms with van der Waals surface area (Å²) in [6.07, 6.45) is -0.677. The van der Waals surface area contributed by atoms with Crippen LogP contribution < -0.4 is 10.6 Å². The van der Waals surface area contributed by atoms with Crippen LogP contribution >= 0.6 is 0 Å². The number of hydrogen-bond donors (Lipinski definition) is 3. The second-order valence-electron chi connectivity index (χ2n) is 4.66. The van der Waals surface area contributed by atoms with Crippen molar-refractivity contribution < 1.29 is 23.5 Å². The molecule has 1 aromatic rings. The highest BCUT2D eigenvalue weighted by Gasteiger charge is 2.28. The Balaban J connectivity index is 2.14. The average Bonchev–Trinajstić information content (AvgIpc) is 2.56. The van der Waals surface area contributed by atoms with Crippen LogP contribution in [0.4, 0.5) is 13.6 Å². The van der Waals surface area contributed by atoms with E-state index in [0.717, 1.165) is 6.07 Å². The summed E-state index contributed by atoms with van der Waals surface area (Å²) in [5.41, 5.74) is 0.196. The number of halogens is 2. The van der Waals surface area contributed by atoms with Gasteiger partial charge in [-0.25, -0.2) is 13.6 Å². The fourth-order valence-electron chi connectivity index (χ4n) is 2.34. The van der Waals surface area contributed by atoms with Gasteiger partial charge in [0.05, 0.1) is 0 Å². The molecule has 1 aromatic carbocycles. The van der Waals surface area contributed by atoms with Crippen molar-refractivity contribution in [3.05, 3.63) is 35.4 Å². The molecule has 0 aromatic heterocycles. The van der Waals surface area contributed by atoms with Crippen molar-refractivity contribution in [3.63, 3.8) is 0 Å². The third-order valence-electron chi connectivity index (χ3n) is 3.36. The maximum atomic E-state index is 13.7. The monoisotopic (exact) mass is 284 g/mol. The summed E-state index contributed by atoms with van der Waals surface area (Å²) < 4.78 is 26.9. The summed E-state index contributed by atoms with van der Waals surface area (Å²) >= 11 is 0. The first-order chi connectivity index (χ1) is 9.49. The predicted molar refractivity (Wildman–Crippen MR) is 66.3 cm³/mol. The van der Waals surface area contributed by atoms with Gasteiger partial charge in [0.2, 0.25) is 5.91 Å². The van der Waals surface area contributed by atoms with Gasteiger partial charge >= 0.3 is 6.09 Å². The van der Waals surface area contributed by atoms with E-state index in [2.05, 4.69) is 10.6 Å². The lowest BCUT2D eigenvalue weighted by atomic mass is 9.93. The van der Waals surface area contributed by atoms with Gasteiger partial charge in [-0.2, -0.15) is 0 Å². The molecule has 0 unspecified atom stereocenters. The number of carbonyl (C=O) groups is 2. The molecule has 3 N–H and O–H groups in total. The Morgan fingerprint density at radius 3 is 2.80 bits per heavy atom. The van der Waals surface area contributed by atoms with E-state index in [9.17, 15) is 18.4 Å². The van der Waals surface area contributed by atoms with Crippen molar-refractivity contribution in [2.75, 3.05) is 6.54 Å². The lowest BCUT2D eigenvalue weighted by molar-refractivity contribution is -0.122. The summed E-state index contributed by atoms with van der Waals surface area (Å²) in [5.74, 6) is -2.68. The molecule has 1 saturated heterocycles. The summed E-state index contributed by atoms with van der Waals surface area (Å²) in [7, 11) is 0. The SMILES string of the molecule is O=C(O)N[C@@H]1CC[C@@H](c2cccc(F)c2F)CNC1=O. The zero-order valence-electron chi connectivity index (χ0n) is 10.5. The molecule has 5 nitrogen and oxygen atoms in total. The zero-order chi connectivity index (χ0) is 14.7. The Morgan fingerprint density at radius 1 is 1.35 bits per heavy atom. The van der Waals surface area contributed by atoms with Gasteiger partial charge in [-0.1, -0.05) is 12.1 Å². The Hall–Kier alpha value is -2.18. The molecule has 0 spiro atoms. The lowest BCUT2D eigenvalue weighted by Crippen LogP contribution is -2.45. The van der Waals surface area contributed by atoms with Gasteiger partial charge in [0.25, 0.3) is 0 Å². The normalized spacial score (nSPS) is 22.8. The highest BCUT2D eigenvalue weighted by atomic mass is 19.2. The largest absolute Gasteiger partial charge is 0.465 e. The van der Waals surface area contributed by atoms with Gasteiger partial charge in [-0.3, -0.25) is 4.79 Å². The predicted octanol–water partition coefficient (Wildman–Crippen LogP) is 1.59. The van der Waals surface area contributed by atoms with Crippen molar-refractivity contribution in [2.45, 2.75) is 24.8 Å². The minimum atomic E-state index is -1.29. The molecular weight excluding hydrogens is 270 g/mol. The van der Waals surface area contributed by atoms with E-state index in [1.165, 1.54) is 12.1 Å². The van der Waals surface area contributed by atoms with Gasteiger partial charge in [-0.15, -0.1) is 0 Å². The highest BCUT2D eigenvalue weighted by molar-refractivity contribution is 5.85. The van der Waals surface area contributed by atoms with Crippen molar-refractivity contribution in [2.24, 2.45) is 0 Å². The summed E-state index contributed by atoms with van der Waals surface area (Å²) in [6, 6.07) is 3.05. The smallest absolute Gasteiger partial charge is 0.405 e. The van der Waals surface area contributed by atoms with Crippen LogP contribution in [0, 0.1) is 11.6 Å². The molecule has 108 valence electrons. The van der Waals surface area contributed by atoms with E-state index >= 15 is 0 Å². The van der Waals surface area contributed by atoms with Crippen LogP contribution in [0.3, 0.4) is 0 Å². The average molecular weight is 284 g/mol. The maximum absolute atomic E-state index is 13.7. The Labute approximate surface area is 114 Å². The zero-order valence-corrected chi connectivity index (χ0v) is 10.5. The second-order valence-corrected chi connectivity index (χ2v) is 4.66. The first-order valence-corrected chi connectivity index (χ1v) is 6.20. The molecule has 1 aliphatic rings. The molecule has 2 rings (SSSR count). The van der Waals surface area contributed by atoms with E-state index in [1.807, 2.05) is 0 Å². The molecule has 0 aliphatic carbocycles. The Bertz CT molecular complexity index is 536. The molecule has 1 heterocycles. The van der Waals surface area contributed by atoms with Gasteiger partial charge in [0.15, 0.2) is 11.6 Å². The summed E-state index contributed by atoms with van der Waals surface area (Å²) in [4.78, 5) is 22.2. The molecular formula is C13H14F2N2O3.